The van der Waals surface area contributed by atoms with Crippen LogP contribution in [0, 0.1) is 45.8 Å². The highest BCUT2D eigenvalue weighted by Crippen LogP contribution is 2.68. The lowest BCUT2D eigenvalue weighted by Crippen LogP contribution is -2.56. The van der Waals surface area contributed by atoms with Crippen molar-refractivity contribution in [2.75, 3.05) is 11.5 Å². The second-order valence-electron chi connectivity index (χ2n) is 13.4. The van der Waals surface area contributed by atoms with Gasteiger partial charge in [-0.3, -0.25) is 0 Å². The van der Waals surface area contributed by atoms with Crippen molar-refractivity contribution >= 4 is 11.8 Å². The van der Waals surface area contributed by atoms with Gasteiger partial charge in [0.25, 0.3) is 0 Å². The van der Waals surface area contributed by atoms with Gasteiger partial charge in [0.1, 0.15) is 0 Å². The summed E-state index contributed by atoms with van der Waals surface area (Å²) in [5.41, 5.74) is 4.83. The lowest BCUT2D eigenvalue weighted by Gasteiger charge is -2.61. The molecule has 1 heterocycles. The number of aliphatic hydroxyl groups is 1. The van der Waals surface area contributed by atoms with Gasteiger partial charge in [-0.15, -0.1) is 0 Å². The summed E-state index contributed by atoms with van der Waals surface area (Å²) in [6.45, 7) is 12.6. The summed E-state index contributed by atoms with van der Waals surface area (Å²) in [6.07, 6.45) is 14.9. The van der Waals surface area contributed by atoms with Crippen LogP contribution in [0.15, 0.2) is 11.1 Å². The summed E-state index contributed by atoms with van der Waals surface area (Å²) in [6, 6.07) is 0. The predicted octanol–water partition coefficient (Wildman–Crippen LogP) is 7.88. The number of allylic oxidation sites excluding steroid dienone is 2. The summed E-state index contributed by atoms with van der Waals surface area (Å²) in [7, 11) is 0. The third-order valence-corrected chi connectivity index (χ3v) is 12.8. The van der Waals surface area contributed by atoms with E-state index in [0.29, 0.717) is 16.7 Å². The molecule has 0 aromatic heterocycles. The van der Waals surface area contributed by atoms with Crippen LogP contribution in [0.2, 0.25) is 0 Å². The van der Waals surface area contributed by atoms with E-state index in [1.807, 2.05) is 11.1 Å². The molecule has 0 aromatic rings. The molecule has 0 bridgehead atoms. The first kappa shape index (κ1) is 22.8. The molecule has 0 radical (unpaired) electrons. The maximum absolute atomic E-state index is 10.8. The number of hydrogen-bond acceptors (Lipinski definition) is 2. The maximum atomic E-state index is 10.8. The Balaban J connectivity index is 1.39. The van der Waals surface area contributed by atoms with Crippen molar-refractivity contribution in [3.05, 3.63) is 11.1 Å². The fourth-order valence-corrected chi connectivity index (χ4v) is 11.2. The molecular weight excluding hydrogens is 396 g/mol. The highest BCUT2D eigenvalue weighted by molar-refractivity contribution is 7.99. The molecule has 176 valence electrons. The highest BCUT2D eigenvalue weighted by Gasteiger charge is 2.59. The number of aliphatic hydroxyl groups excluding tert-OH is 1. The maximum Gasteiger partial charge on any atom is 0.0594 e. The average molecular weight is 445 g/mol. The Kier molecular flexibility index (Phi) is 5.94. The van der Waals surface area contributed by atoms with Gasteiger partial charge in [0.15, 0.2) is 0 Å². The van der Waals surface area contributed by atoms with Crippen LogP contribution in [-0.4, -0.2) is 22.7 Å². The minimum absolute atomic E-state index is 0.0783. The highest BCUT2D eigenvalue weighted by atomic mass is 32.2. The Hall–Kier alpha value is 0.0500. The van der Waals surface area contributed by atoms with E-state index in [1.54, 1.807) is 0 Å². The van der Waals surface area contributed by atoms with Crippen molar-refractivity contribution < 1.29 is 5.11 Å². The Morgan fingerprint density at radius 3 is 2.42 bits per heavy atom. The van der Waals surface area contributed by atoms with Crippen molar-refractivity contribution in [3.8, 4) is 0 Å². The Labute approximate surface area is 196 Å². The van der Waals surface area contributed by atoms with Crippen LogP contribution in [0.4, 0.5) is 0 Å². The van der Waals surface area contributed by atoms with E-state index < -0.39 is 0 Å². The molecule has 1 N–H and O–H groups in total. The van der Waals surface area contributed by atoms with Gasteiger partial charge in [-0.05, 0) is 128 Å². The molecule has 7 atom stereocenters. The first-order chi connectivity index (χ1) is 14.7. The molecule has 0 amide bonds. The predicted molar refractivity (Wildman–Crippen MR) is 134 cm³/mol. The first-order valence-corrected chi connectivity index (χ1v) is 14.8. The van der Waals surface area contributed by atoms with Crippen LogP contribution in [0.3, 0.4) is 0 Å². The molecule has 1 aliphatic heterocycles. The number of thioether (sulfide) groups is 1. The third kappa shape index (κ3) is 3.51. The fraction of sp³-hybridized carbons (Fsp3) is 0.931. The van der Waals surface area contributed by atoms with Crippen LogP contribution in [0.5, 0.6) is 0 Å². The molecule has 1 nitrogen and oxygen atoms in total. The van der Waals surface area contributed by atoms with Crippen molar-refractivity contribution in [1.82, 2.24) is 0 Å². The van der Waals surface area contributed by atoms with E-state index in [0.717, 1.165) is 30.1 Å². The molecule has 1 unspecified atom stereocenters. The lowest BCUT2D eigenvalue weighted by atomic mass is 9.44. The van der Waals surface area contributed by atoms with E-state index in [4.69, 9.17) is 0 Å². The molecule has 4 aliphatic carbocycles. The zero-order valence-electron chi connectivity index (χ0n) is 21.0. The molecule has 0 spiro atoms. The first-order valence-electron chi connectivity index (χ1n) is 13.7. The number of fused-ring (bicyclic) bond motifs is 4. The van der Waals surface area contributed by atoms with Gasteiger partial charge in [-0.2, -0.15) is 11.8 Å². The van der Waals surface area contributed by atoms with E-state index in [2.05, 4.69) is 46.4 Å². The Morgan fingerprint density at radius 2 is 1.68 bits per heavy atom. The van der Waals surface area contributed by atoms with E-state index in [1.165, 1.54) is 75.7 Å². The van der Waals surface area contributed by atoms with Gasteiger partial charge in [-0.25, -0.2) is 0 Å². The van der Waals surface area contributed by atoms with Gasteiger partial charge in [-0.1, -0.05) is 45.8 Å². The quantitative estimate of drug-likeness (QED) is 0.447. The fourth-order valence-electron chi connectivity index (χ4n) is 9.95. The molecule has 3 saturated carbocycles. The normalized spacial score (nSPS) is 46.3. The molecule has 4 fully saturated rings. The van der Waals surface area contributed by atoms with Crippen LogP contribution in [0.1, 0.15) is 105 Å². The van der Waals surface area contributed by atoms with E-state index in [-0.39, 0.29) is 11.5 Å². The van der Waals surface area contributed by atoms with Crippen LogP contribution in [-0.2, 0) is 0 Å². The van der Waals surface area contributed by atoms with Crippen molar-refractivity contribution in [2.45, 2.75) is 111 Å². The molecule has 2 heteroatoms. The van der Waals surface area contributed by atoms with Crippen LogP contribution >= 0.6 is 11.8 Å². The lowest BCUT2D eigenvalue weighted by molar-refractivity contribution is -0.128. The minimum Gasteiger partial charge on any atom is -0.393 e. The minimum atomic E-state index is -0.108. The van der Waals surface area contributed by atoms with Gasteiger partial charge < -0.3 is 5.11 Å². The van der Waals surface area contributed by atoms with Gasteiger partial charge >= 0.3 is 0 Å². The zero-order valence-corrected chi connectivity index (χ0v) is 21.8. The standard InChI is InChI=1S/C29H48OS/c1-19(18-20-12-16-31-17-13-20)22-7-8-23-21-6-9-25-27(2,3)26(30)11-15-29(25,5)24(21)10-14-28(22,23)4/h19-20,22,24-26,30H,6-18H2,1-5H3/t19-,22-,24?,25+,26+,28-,29-/m1/s1. The van der Waals surface area contributed by atoms with Gasteiger partial charge in [0, 0.05) is 0 Å². The summed E-state index contributed by atoms with van der Waals surface area (Å²) in [5.74, 6) is 7.10. The average Bonchev–Trinajstić information content (AvgIpc) is 3.09. The monoisotopic (exact) mass is 444 g/mol. The summed E-state index contributed by atoms with van der Waals surface area (Å²) in [5, 5.41) is 10.8. The third-order valence-electron chi connectivity index (χ3n) is 11.7. The largest absolute Gasteiger partial charge is 0.393 e. The van der Waals surface area contributed by atoms with Gasteiger partial charge in [0.05, 0.1) is 6.10 Å². The Morgan fingerprint density at radius 1 is 0.935 bits per heavy atom. The van der Waals surface area contributed by atoms with Crippen molar-refractivity contribution in [1.29, 1.82) is 0 Å². The molecule has 0 aromatic carbocycles. The van der Waals surface area contributed by atoms with E-state index in [9.17, 15) is 5.11 Å². The number of rotatable bonds is 3. The van der Waals surface area contributed by atoms with Crippen molar-refractivity contribution in [3.63, 3.8) is 0 Å². The SMILES string of the molecule is C[C@H](CC1CCSCC1)[C@H]1CCC2=C3CC[C@H]4C(C)(C)[C@@H](O)CC[C@]4(C)C3CC[C@@]21C. The zero-order chi connectivity index (χ0) is 22.0. The summed E-state index contributed by atoms with van der Waals surface area (Å²) >= 11 is 2.17. The second kappa shape index (κ2) is 8.07. The number of hydrogen-bond donors (Lipinski definition) is 1. The van der Waals surface area contributed by atoms with E-state index >= 15 is 0 Å². The summed E-state index contributed by atoms with van der Waals surface area (Å²) < 4.78 is 0. The van der Waals surface area contributed by atoms with Crippen molar-refractivity contribution in [2.24, 2.45) is 45.8 Å². The summed E-state index contributed by atoms with van der Waals surface area (Å²) in [4.78, 5) is 0. The molecule has 5 aliphatic rings. The Bertz CT molecular complexity index is 718. The van der Waals surface area contributed by atoms with Crippen LogP contribution < -0.4 is 0 Å². The molecule has 31 heavy (non-hydrogen) atoms. The van der Waals surface area contributed by atoms with Crippen LogP contribution in [0.25, 0.3) is 0 Å². The topological polar surface area (TPSA) is 20.2 Å². The molecular formula is C29H48OS. The molecule has 1 saturated heterocycles. The second-order valence-corrected chi connectivity index (χ2v) is 14.6. The van der Waals surface area contributed by atoms with Gasteiger partial charge in [0.2, 0.25) is 0 Å². The smallest absolute Gasteiger partial charge is 0.0594 e. The molecule has 5 rings (SSSR count).